The lowest BCUT2D eigenvalue weighted by Gasteiger charge is -2.14. The van der Waals surface area contributed by atoms with Gasteiger partial charge in [0.15, 0.2) is 0 Å². The molecule has 0 aliphatic carbocycles. The van der Waals surface area contributed by atoms with Gasteiger partial charge in [-0.05, 0) is 12.8 Å². The van der Waals surface area contributed by atoms with Gasteiger partial charge in [0.05, 0.1) is 0 Å². The van der Waals surface area contributed by atoms with Crippen molar-refractivity contribution in [1.29, 1.82) is 0 Å². The number of amides is 2. The van der Waals surface area contributed by atoms with Crippen molar-refractivity contribution >= 4 is 11.8 Å². The Hall–Kier alpha value is -1.54. The summed E-state index contributed by atoms with van der Waals surface area (Å²) in [5.41, 5.74) is 5.12. The van der Waals surface area contributed by atoms with Crippen LogP contribution in [0.4, 0.5) is 0 Å². The molecule has 0 saturated heterocycles. The van der Waals surface area contributed by atoms with E-state index >= 15 is 0 Å². The third-order valence-electron chi connectivity index (χ3n) is 1.77. The number of ether oxygens (including phenoxy) is 1. The second-order valence-corrected chi connectivity index (χ2v) is 3.05. The minimum absolute atomic E-state index is 0.0844. The van der Waals surface area contributed by atoms with Gasteiger partial charge in [0.1, 0.15) is 12.6 Å². The van der Waals surface area contributed by atoms with Crippen molar-refractivity contribution in [2.45, 2.75) is 25.3 Å². The highest BCUT2D eigenvalue weighted by Gasteiger charge is 2.16. The summed E-state index contributed by atoms with van der Waals surface area (Å²) in [6, 6.07) is -0.666. The molecule has 0 rings (SSSR count). The molecular weight excluding hydrogens is 196 g/mol. The van der Waals surface area contributed by atoms with Gasteiger partial charge in [-0.25, -0.2) is 0 Å². The van der Waals surface area contributed by atoms with Gasteiger partial charge in [-0.1, -0.05) is 0 Å². The molecule has 15 heavy (non-hydrogen) atoms. The molecule has 0 spiro atoms. The first-order valence-electron chi connectivity index (χ1n) is 4.63. The normalized spacial score (nSPS) is 11.5. The lowest BCUT2D eigenvalue weighted by molar-refractivity contribution is -0.129. The van der Waals surface area contributed by atoms with E-state index in [0.717, 1.165) is 0 Å². The Labute approximate surface area is 89.3 Å². The maximum atomic E-state index is 11.1. The maximum absolute atomic E-state index is 11.1. The lowest BCUT2D eigenvalue weighted by atomic mass is 10.1. The summed E-state index contributed by atoms with van der Waals surface area (Å²) in [5, 5.41) is 2.47. The number of methoxy groups -OCH3 is 1. The zero-order valence-electron chi connectivity index (χ0n) is 8.79. The van der Waals surface area contributed by atoms with Gasteiger partial charge in [-0.15, -0.1) is 12.3 Å². The number of carbonyl (C=O) groups is 2. The number of nitrogens with one attached hydrogen (secondary N) is 1. The Kier molecular flexibility index (Phi) is 7.02. The van der Waals surface area contributed by atoms with Crippen LogP contribution in [0.3, 0.4) is 0 Å². The minimum Gasteiger partial charge on any atom is -0.375 e. The van der Waals surface area contributed by atoms with Crippen LogP contribution in [0.1, 0.15) is 19.3 Å². The molecule has 1 atom stereocenters. The van der Waals surface area contributed by atoms with Gasteiger partial charge in [0.25, 0.3) is 0 Å². The Balaban J connectivity index is 3.99. The van der Waals surface area contributed by atoms with Gasteiger partial charge in [-0.3, -0.25) is 9.59 Å². The predicted octanol–water partition coefficient (Wildman–Crippen LogP) is -0.594. The second kappa shape index (κ2) is 7.83. The van der Waals surface area contributed by atoms with E-state index in [1.54, 1.807) is 0 Å². The van der Waals surface area contributed by atoms with E-state index in [4.69, 9.17) is 12.2 Å². The van der Waals surface area contributed by atoms with Crippen LogP contribution >= 0.6 is 0 Å². The van der Waals surface area contributed by atoms with Gasteiger partial charge in [-0.2, -0.15) is 0 Å². The molecule has 0 aliphatic heterocycles. The number of rotatable bonds is 7. The second-order valence-electron chi connectivity index (χ2n) is 3.05. The van der Waals surface area contributed by atoms with Crippen LogP contribution in [-0.2, 0) is 14.3 Å². The number of hydrogen-bond acceptors (Lipinski definition) is 3. The van der Waals surface area contributed by atoms with Crippen molar-refractivity contribution in [3.63, 3.8) is 0 Å². The van der Waals surface area contributed by atoms with Crippen LogP contribution in [0.5, 0.6) is 0 Å². The van der Waals surface area contributed by atoms with Crippen molar-refractivity contribution in [1.82, 2.24) is 5.32 Å². The van der Waals surface area contributed by atoms with E-state index < -0.39 is 11.9 Å². The summed E-state index contributed by atoms with van der Waals surface area (Å²) < 4.78 is 4.61. The van der Waals surface area contributed by atoms with Crippen LogP contribution in [0, 0.1) is 12.3 Å². The SMILES string of the molecule is C#CCCC[C@@H](NC(=O)COC)C(N)=O. The topological polar surface area (TPSA) is 81.4 Å². The van der Waals surface area contributed by atoms with E-state index in [9.17, 15) is 9.59 Å². The van der Waals surface area contributed by atoms with Gasteiger partial charge >= 0.3 is 0 Å². The highest BCUT2D eigenvalue weighted by atomic mass is 16.5. The highest BCUT2D eigenvalue weighted by molar-refractivity contribution is 5.86. The molecule has 0 saturated carbocycles. The molecule has 2 amide bonds. The number of hydrogen-bond donors (Lipinski definition) is 2. The average molecular weight is 212 g/mol. The fraction of sp³-hybridized carbons (Fsp3) is 0.600. The maximum Gasteiger partial charge on any atom is 0.246 e. The van der Waals surface area contributed by atoms with E-state index in [1.165, 1.54) is 7.11 Å². The molecule has 0 unspecified atom stereocenters. The number of primary amides is 1. The van der Waals surface area contributed by atoms with E-state index in [0.29, 0.717) is 19.3 Å². The summed E-state index contributed by atoms with van der Waals surface area (Å²) in [4.78, 5) is 22.1. The van der Waals surface area contributed by atoms with Crippen LogP contribution in [-0.4, -0.2) is 31.6 Å². The molecule has 84 valence electrons. The van der Waals surface area contributed by atoms with E-state index in [-0.39, 0.29) is 12.5 Å². The highest BCUT2D eigenvalue weighted by Crippen LogP contribution is 1.99. The summed E-state index contributed by atoms with van der Waals surface area (Å²) in [7, 11) is 1.40. The zero-order valence-corrected chi connectivity index (χ0v) is 8.79. The average Bonchev–Trinajstić information content (AvgIpc) is 2.16. The van der Waals surface area contributed by atoms with Gasteiger partial charge in [0, 0.05) is 13.5 Å². The van der Waals surface area contributed by atoms with Crippen molar-refractivity contribution in [3.05, 3.63) is 0 Å². The van der Waals surface area contributed by atoms with Crippen molar-refractivity contribution in [2.75, 3.05) is 13.7 Å². The molecule has 0 fully saturated rings. The van der Waals surface area contributed by atoms with E-state index in [1.807, 2.05) is 0 Å². The first kappa shape index (κ1) is 13.5. The van der Waals surface area contributed by atoms with Crippen molar-refractivity contribution in [3.8, 4) is 12.3 Å². The number of terminal acetylenes is 1. The van der Waals surface area contributed by atoms with Gasteiger partial charge in [0.2, 0.25) is 11.8 Å². The summed E-state index contributed by atoms with van der Waals surface area (Å²) in [6.07, 6.45) is 6.73. The summed E-state index contributed by atoms with van der Waals surface area (Å²) in [6.45, 7) is -0.0844. The lowest BCUT2D eigenvalue weighted by Crippen LogP contribution is -2.45. The molecule has 3 N–H and O–H groups in total. The smallest absolute Gasteiger partial charge is 0.246 e. The summed E-state index contributed by atoms with van der Waals surface area (Å²) in [5.74, 6) is 1.53. The largest absolute Gasteiger partial charge is 0.375 e. The fourth-order valence-electron chi connectivity index (χ4n) is 1.06. The van der Waals surface area contributed by atoms with Crippen LogP contribution in [0.2, 0.25) is 0 Å². The first-order valence-corrected chi connectivity index (χ1v) is 4.63. The third kappa shape index (κ3) is 6.52. The monoisotopic (exact) mass is 212 g/mol. The number of nitrogens with two attached hydrogens (primary N) is 1. The van der Waals surface area contributed by atoms with Crippen LogP contribution in [0.25, 0.3) is 0 Å². The Morgan fingerprint density at radius 2 is 2.27 bits per heavy atom. The quantitative estimate of drug-likeness (QED) is 0.437. The third-order valence-corrected chi connectivity index (χ3v) is 1.77. The molecule has 5 nitrogen and oxygen atoms in total. The number of unbranched alkanes of at least 4 members (excludes halogenated alkanes) is 1. The van der Waals surface area contributed by atoms with Crippen molar-refractivity contribution in [2.24, 2.45) is 5.73 Å². The van der Waals surface area contributed by atoms with E-state index in [2.05, 4.69) is 16.0 Å². The van der Waals surface area contributed by atoms with Crippen LogP contribution in [0.15, 0.2) is 0 Å². The molecule has 5 heteroatoms. The zero-order chi connectivity index (χ0) is 11.7. The van der Waals surface area contributed by atoms with Crippen LogP contribution < -0.4 is 11.1 Å². The molecule has 0 aromatic carbocycles. The Bertz CT molecular complexity index is 258. The Morgan fingerprint density at radius 3 is 2.73 bits per heavy atom. The fourth-order valence-corrected chi connectivity index (χ4v) is 1.06. The molecule has 0 aromatic heterocycles. The predicted molar refractivity (Wildman–Crippen MR) is 55.7 cm³/mol. The molecule has 0 aromatic rings. The molecule has 0 aliphatic rings. The number of carbonyl (C=O) groups excluding carboxylic acids is 2. The van der Waals surface area contributed by atoms with Gasteiger partial charge < -0.3 is 15.8 Å². The molecule has 0 radical (unpaired) electrons. The first-order chi connectivity index (χ1) is 7.11. The van der Waals surface area contributed by atoms with Crippen molar-refractivity contribution < 1.29 is 14.3 Å². The minimum atomic E-state index is -0.666. The molecule has 0 heterocycles. The summed E-state index contributed by atoms with van der Waals surface area (Å²) >= 11 is 0. The molecular formula is C10H16N2O3. The molecule has 0 bridgehead atoms. The standard InChI is InChI=1S/C10H16N2O3/c1-3-4-5-6-8(10(11)14)12-9(13)7-15-2/h1,8H,4-7H2,2H3,(H2,11,14)(H,12,13)/t8-/m1/s1. The Morgan fingerprint density at radius 1 is 1.60 bits per heavy atom.